The lowest BCUT2D eigenvalue weighted by Gasteiger charge is -2.23. The third kappa shape index (κ3) is 3.58. The van der Waals surface area contributed by atoms with Crippen LogP contribution in [0.1, 0.15) is 49.2 Å². The Morgan fingerprint density at radius 3 is 2.41 bits per heavy atom. The number of nitrogens with two attached hydrogens (primary N) is 1. The van der Waals surface area contributed by atoms with E-state index in [1.807, 2.05) is 0 Å². The maximum Gasteiger partial charge on any atom is 0.120 e. The molecule has 1 aromatic rings. The second-order valence-corrected chi connectivity index (χ2v) is 5.07. The molecule has 1 aliphatic rings. The predicted octanol–water partition coefficient (Wildman–Crippen LogP) is 2.81. The average molecular weight is 236 g/mol. The van der Waals surface area contributed by atoms with Gasteiger partial charge in [-0.15, -0.1) is 0 Å². The maximum absolute atomic E-state index is 5.77. The van der Waals surface area contributed by atoms with Crippen molar-refractivity contribution in [2.24, 2.45) is 5.73 Å². The van der Waals surface area contributed by atoms with Crippen LogP contribution in [0.15, 0.2) is 10.5 Å². The Morgan fingerprint density at radius 2 is 1.82 bits per heavy atom. The van der Waals surface area contributed by atoms with E-state index in [-0.39, 0.29) is 0 Å². The topological polar surface area (TPSA) is 42.4 Å². The van der Waals surface area contributed by atoms with E-state index in [9.17, 15) is 0 Å². The van der Waals surface area contributed by atoms with Crippen molar-refractivity contribution in [1.82, 2.24) is 4.90 Å². The Hall–Kier alpha value is -0.800. The molecule has 2 rings (SSSR count). The zero-order valence-electron chi connectivity index (χ0n) is 10.9. The highest BCUT2D eigenvalue weighted by molar-refractivity contribution is 5.19. The zero-order chi connectivity index (χ0) is 12.1. The standard InChI is InChI=1S/C14H24N2O/c1-12-9-13(17-14(12)10-15)11-16-7-5-3-2-4-6-8-16/h9H,2-8,10-11,15H2,1H3. The minimum Gasteiger partial charge on any atom is -0.463 e. The average Bonchev–Trinajstić information content (AvgIpc) is 2.62. The summed E-state index contributed by atoms with van der Waals surface area (Å²) in [4.78, 5) is 2.51. The molecule has 0 bridgehead atoms. The number of hydrogen-bond donors (Lipinski definition) is 1. The zero-order valence-corrected chi connectivity index (χ0v) is 10.9. The van der Waals surface area contributed by atoms with Crippen molar-refractivity contribution in [3.05, 3.63) is 23.2 Å². The van der Waals surface area contributed by atoms with Crippen LogP contribution in [0.25, 0.3) is 0 Å². The van der Waals surface area contributed by atoms with Gasteiger partial charge in [0.15, 0.2) is 0 Å². The summed E-state index contributed by atoms with van der Waals surface area (Å²) in [6.07, 6.45) is 6.81. The minimum absolute atomic E-state index is 0.506. The van der Waals surface area contributed by atoms with Gasteiger partial charge in [-0.25, -0.2) is 0 Å². The fourth-order valence-corrected chi connectivity index (χ4v) is 2.56. The van der Waals surface area contributed by atoms with Crippen LogP contribution in [-0.4, -0.2) is 18.0 Å². The third-order valence-corrected chi connectivity index (χ3v) is 3.59. The molecule has 1 aliphatic heterocycles. The van der Waals surface area contributed by atoms with Gasteiger partial charge in [0.1, 0.15) is 11.5 Å². The highest BCUT2D eigenvalue weighted by Crippen LogP contribution is 2.18. The molecule has 0 unspecified atom stereocenters. The molecule has 0 radical (unpaired) electrons. The summed E-state index contributed by atoms with van der Waals surface area (Å²) in [5.74, 6) is 2.01. The van der Waals surface area contributed by atoms with E-state index in [1.54, 1.807) is 0 Å². The van der Waals surface area contributed by atoms with Crippen molar-refractivity contribution in [3.8, 4) is 0 Å². The van der Waals surface area contributed by atoms with Gasteiger partial charge < -0.3 is 10.2 Å². The molecule has 0 spiro atoms. The molecule has 96 valence electrons. The van der Waals surface area contributed by atoms with E-state index in [0.29, 0.717) is 6.54 Å². The van der Waals surface area contributed by atoms with E-state index >= 15 is 0 Å². The second kappa shape index (κ2) is 6.22. The summed E-state index contributed by atoms with van der Waals surface area (Å²) < 4.78 is 5.77. The molecule has 1 fully saturated rings. The van der Waals surface area contributed by atoms with Gasteiger partial charge in [0.25, 0.3) is 0 Å². The number of furan rings is 1. The molecule has 3 heteroatoms. The highest BCUT2D eigenvalue weighted by atomic mass is 16.3. The van der Waals surface area contributed by atoms with Crippen molar-refractivity contribution >= 4 is 0 Å². The number of nitrogens with zero attached hydrogens (tertiary/aromatic N) is 1. The van der Waals surface area contributed by atoms with Crippen LogP contribution < -0.4 is 5.73 Å². The molecular formula is C14H24N2O. The van der Waals surface area contributed by atoms with Crippen LogP contribution in [0.3, 0.4) is 0 Å². The minimum atomic E-state index is 0.506. The van der Waals surface area contributed by atoms with E-state index in [0.717, 1.165) is 18.1 Å². The Balaban J connectivity index is 1.93. The summed E-state index contributed by atoms with van der Waals surface area (Å²) in [5, 5.41) is 0. The van der Waals surface area contributed by atoms with E-state index in [4.69, 9.17) is 10.2 Å². The summed E-state index contributed by atoms with van der Waals surface area (Å²) in [7, 11) is 0. The van der Waals surface area contributed by atoms with Crippen molar-refractivity contribution in [1.29, 1.82) is 0 Å². The molecular weight excluding hydrogens is 212 g/mol. The van der Waals surface area contributed by atoms with Gasteiger partial charge >= 0.3 is 0 Å². The lowest BCUT2D eigenvalue weighted by molar-refractivity contribution is 0.220. The predicted molar refractivity (Wildman–Crippen MR) is 69.7 cm³/mol. The van der Waals surface area contributed by atoms with Crippen molar-refractivity contribution in [2.75, 3.05) is 13.1 Å². The number of rotatable bonds is 3. The molecule has 0 atom stereocenters. The smallest absolute Gasteiger partial charge is 0.120 e. The first-order chi connectivity index (χ1) is 8.29. The van der Waals surface area contributed by atoms with Crippen LogP contribution >= 0.6 is 0 Å². The van der Waals surface area contributed by atoms with E-state index in [1.165, 1.54) is 50.8 Å². The fourth-order valence-electron chi connectivity index (χ4n) is 2.56. The lowest BCUT2D eigenvalue weighted by Crippen LogP contribution is -2.26. The van der Waals surface area contributed by atoms with Gasteiger partial charge in [-0.3, -0.25) is 4.90 Å². The van der Waals surface area contributed by atoms with Crippen LogP contribution in [0, 0.1) is 6.92 Å². The van der Waals surface area contributed by atoms with Crippen molar-refractivity contribution in [2.45, 2.75) is 52.1 Å². The quantitative estimate of drug-likeness (QED) is 0.877. The molecule has 0 saturated carbocycles. The van der Waals surface area contributed by atoms with Gasteiger partial charge in [0, 0.05) is 0 Å². The molecule has 2 heterocycles. The largest absolute Gasteiger partial charge is 0.463 e. The first-order valence-electron chi connectivity index (χ1n) is 6.80. The number of aryl methyl sites for hydroxylation is 1. The molecule has 3 nitrogen and oxygen atoms in total. The third-order valence-electron chi connectivity index (χ3n) is 3.59. The monoisotopic (exact) mass is 236 g/mol. The van der Waals surface area contributed by atoms with Crippen LogP contribution in [0.5, 0.6) is 0 Å². The normalized spacial score (nSPS) is 18.9. The summed E-state index contributed by atoms with van der Waals surface area (Å²) in [6.45, 7) is 5.94. The Labute approximate surface area is 104 Å². The first-order valence-corrected chi connectivity index (χ1v) is 6.80. The van der Waals surface area contributed by atoms with Crippen molar-refractivity contribution in [3.63, 3.8) is 0 Å². The van der Waals surface area contributed by atoms with Crippen LogP contribution in [-0.2, 0) is 13.1 Å². The summed E-state index contributed by atoms with van der Waals surface area (Å²) in [6, 6.07) is 2.14. The maximum atomic E-state index is 5.77. The lowest BCUT2D eigenvalue weighted by atomic mass is 10.1. The molecule has 1 aromatic heterocycles. The van der Waals surface area contributed by atoms with Gasteiger partial charge in [-0.1, -0.05) is 19.3 Å². The van der Waals surface area contributed by atoms with Crippen LogP contribution in [0.2, 0.25) is 0 Å². The fraction of sp³-hybridized carbons (Fsp3) is 0.714. The first kappa shape index (κ1) is 12.7. The number of hydrogen-bond acceptors (Lipinski definition) is 3. The second-order valence-electron chi connectivity index (χ2n) is 5.07. The molecule has 0 aromatic carbocycles. The van der Waals surface area contributed by atoms with Gasteiger partial charge in [0.2, 0.25) is 0 Å². The summed E-state index contributed by atoms with van der Waals surface area (Å²) >= 11 is 0. The Kier molecular flexibility index (Phi) is 4.63. The molecule has 0 amide bonds. The molecule has 2 N–H and O–H groups in total. The van der Waals surface area contributed by atoms with Crippen LogP contribution in [0.4, 0.5) is 0 Å². The van der Waals surface area contributed by atoms with E-state index < -0.39 is 0 Å². The highest BCUT2D eigenvalue weighted by Gasteiger charge is 2.12. The molecule has 0 aliphatic carbocycles. The molecule has 1 saturated heterocycles. The van der Waals surface area contributed by atoms with Gasteiger partial charge in [-0.05, 0) is 44.5 Å². The van der Waals surface area contributed by atoms with Gasteiger partial charge in [0.05, 0.1) is 13.1 Å². The number of likely N-dealkylation sites (tertiary alicyclic amines) is 1. The van der Waals surface area contributed by atoms with E-state index in [2.05, 4.69) is 17.9 Å². The SMILES string of the molecule is Cc1cc(CN2CCCCCCC2)oc1CN. The Morgan fingerprint density at radius 1 is 1.18 bits per heavy atom. The van der Waals surface area contributed by atoms with Crippen molar-refractivity contribution < 1.29 is 4.42 Å². The van der Waals surface area contributed by atoms with Gasteiger partial charge in [-0.2, -0.15) is 0 Å². The molecule has 17 heavy (non-hydrogen) atoms. The summed E-state index contributed by atoms with van der Waals surface area (Å²) in [5.41, 5.74) is 6.82. The Bertz CT molecular complexity index is 338.